The predicted octanol–water partition coefficient (Wildman–Crippen LogP) is 0.650. The quantitative estimate of drug-likeness (QED) is 0.729. The van der Waals surface area contributed by atoms with E-state index in [4.69, 9.17) is 5.73 Å². The lowest BCUT2D eigenvalue weighted by molar-refractivity contribution is 0.356. The zero-order chi connectivity index (χ0) is 10.3. The molecule has 0 amide bonds. The third-order valence-electron chi connectivity index (χ3n) is 3.84. The first-order chi connectivity index (χ1) is 7.34. The Morgan fingerprint density at radius 3 is 2.53 bits per heavy atom. The van der Waals surface area contributed by atoms with Crippen molar-refractivity contribution in [3.8, 4) is 0 Å². The number of hydrogen-bond acceptors (Lipinski definition) is 4. The van der Waals surface area contributed by atoms with Crippen LogP contribution < -0.4 is 10.6 Å². The second-order valence-corrected chi connectivity index (χ2v) is 4.68. The van der Waals surface area contributed by atoms with Crippen molar-refractivity contribution in [3.63, 3.8) is 0 Å². The van der Waals surface area contributed by atoms with E-state index in [0.29, 0.717) is 17.9 Å². The molecule has 2 N–H and O–H groups in total. The number of aromatic nitrogens is 2. The number of nitrogens with two attached hydrogens (primary N) is 1. The summed E-state index contributed by atoms with van der Waals surface area (Å²) in [5, 5.41) is 7.73. The van der Waals surface area contributed by atoms with E-state index in [-0.39, 0.29) is 0 Å². The van der Waals surface area contributed by atoms with Crippen LogP contribution in [0.2, 0.25) is 0 Å². The molecule has 0 aromatic carbocycles. The van der Waals surface area contributed by atoms with Crippen molar-refractivity contribution in [1.82, 2.24) is 10.2 Å². The number of rotatable bonds is 1. The highest BCUT2D eigenvalue weighted by Crippen LogP contribution is 2.37. The average Bonchev–Trinajstić information content (AvgIpc) is 2.54. The first kappa shape index (κ1) is 9.09. The molecule has 2 aliphatic rings. The molecule has 3 rings (SSSR count). The van der Waals surface area contributed by atoms with Crippen molar-refractivity contribution < 1.29 is 0 Å². The minimum absolute atomic E-state index is 0.427. The van der Waals surface area contributed by atoms with E-state index >= 15 is 0 Å². The normalized spacial score (nSPS) is 34.5. The molecular weight excluding hydrogens is 188 g/mol. The summed E-state index contributed by atoms with van der Waals surface area (Å²) in [6.07, 6.45) is 6.18. The van der Waals surface area contributed by atoms with Gasteiger partial charge in [0.25, 0.3) is 0 Å². The topological polar surface area (TPSA) is 55.0 Å². The predicted molar refractivity (Wildman–Crippen MR) is 58.4 cm³/mol. The second kappa shape index (κ2) is 3.45. The smallest absolute Gasteiger partial charge is 0.0729 e. The molecule has 1 aromatic rings. The fourth-order valence-corrected chi connectivity index (χ4v) is 2.95. The third-order valence-corrected chi connectivity index (χ3v) is 3.84. The highest BCUT2D eigenvalue weighted by molar-refractivity contribution is 5.44. The Kier molecular flexibility index (Phi) is 2.09. The Morgan fingerprint density at radius 1 is 1.20 bits per heavy atom. The Hall–Kier alpha value is -1.16. The van der Waals surface area contributed by atoms with Gasteiger partial charge in [-0.25, -0.2) is 0 Å². The van der Waals surface area contributed by atoms with Gasteiger partial charge in [-0.05, 0) is 30.7 Å². The zero-order valence-corrected chi connectivity index (χ0v) is 8.71. The van der Waals surface area contributed by atoms with Gasteiger partial charge < -0.3 is 10.6 Å². The van der Waals surface area contributed by atoms with Gasteiger partial charge in [-0.2, -0.15) is 10.2 Å². The van der Waals surface area contributed by atoms with Gasteiger partial charge in [-0.3, -0.25) is 0 Å². The summed E-state index contributed by atoms with van der Waals surface area (Å²) in [6, 6.07) is 2.46. The molecule has 0 radical (unpaired) electrons. The lowest BCUT2D eigenvalue weighted by atomic mass is 9.93. The highest BCUT2D eigenvalue weighted by atomic mass is 15.2. The first-order valence-electron chi connectivity index (χ1n) is 5.62. The lowest BCUT2D eigenvalue weighted by Gasteiger charge is -2.37. The summed E-state index contributed by atoms with van der Waals surface area (Å²) in [5.41, 5.74) is 7.36. The summed E-state index contributed by atoms with van der Waals surface area (Å²) >= 11 is 0. The largest absolute Gasteiger partial charge is 0.370 e. The molecule has 15 heavy (non-hydrogen) atoms. The van der Waals surface area contributed by atoms with E-state index in [0.717, 1.165) is 13.1 Å². The summed E-state index contributed by atoms with van der Waals surface area (Å²) < 4.78 is 0. The van der Waals surface area contributed by atoms with E-state index in [1.807, 2.05) is 12.3 Å². The molecule has 1 aliphatic carbocycles. The maximum Gasteiger partial charge on any atom is 0.0729 e. The van der Waals surface area contributed by atoms with Crippen LogP contribution in [0.3, 0.4) is 0 Å². The van der Waals surface area contributed by atoms with E-state index in [1.165, 1.54) is 18.5 Å². The fraction of sp³-hybridized carbons (Fsp3) is 0.636. The van der Waals surface area contributed by atoms with E-state index in [2.05, 4.69) is 15.1 Å². The molecule has 1 aromatic heterocycles. The summed E-state index contributed by atoms with van der Waals surface area (Å²) in [6.45, 7) is 2.17. The molecule has 80 valence electrons. The van der Waals surface area contributed by atoms with Crippen LogP contribution in [0.5, 0.6) is 0 Å². The van der Waals surface area contributed by atoms with Gasteiger partial charge in [0, 0.05) is 19.1 Å². The van der Waals surface area contributed by atoms with Gasteiger partial charge in [0.1, 0.15) is 0 Å². The van der Waals surface area contributed by atoms with Gasteiger partial charge in [0.2, 0.25) is 0 Å². The summed E-state index contributed by atoms with van der Waals surface area (Å²) in [5.74, 6) is 1.36. The van der Waals surface area contributed by atoms with Crippen molar-refractivity contribution in [2.75, 3.05) is 18.0 Å². The highest BCUT2D eigenvalue weighted by Gasteiger charge is 2.39. The van der Waals surface area contributed by atoms with Crippen LogP contribution in [0.4, 0.5) is 5.69 Å². The number of hydrogen-bond donors (Lipinski definition) is 1. The molecule has 1 saturated heterocycles. The van der Waals surface area contributed by atoms with Gasteiger partial charge in [0.05, 0.1) is 18.1 Å². The number of anilines is 1. The minimum Gasteiger partial charge on any atom is -0.370 e. The van der Waals surface area contributed by atoms with E-state index < -0.39 is 0 Å². The van der Waals surface area contributed by atoms with Crippen molar-refractivity contribution in [2.24, 2.45) is 17.6 Å². The molecule has 1 saturated carbocycles. The van der Waals surface area contributed by atoms with Gasteiger partial charge in [0.15, 0.2) is 0 Å². The van der Waals surface area contributed by atoms with Crippen LogP contribution in [0.1, 0.15) is 12.8 Å². The number of piperidine rings is 1. The molecule has 3 atom stereocenters. The Labute approximate surface area is 89.5 Å². The molecule has 0 unspecified atom stereocenters. The minimum atomic E-state index is 0.427. The molecule has 4 heteroatoms. The monoisotopic (exact) mass is 204 g/mol. The molecule has 0 spiro atoms. The van der Waals surface area contributed by atoms with Gasteiger partial charge in [-0.1, -0.05) is 0 Å². The summed E-state index contributed by atoms with van der Waals surface area (Å²) in [4.78, 5) is 2.40. The second-order valence-electron chi connectivity index (χ2n) is 4.68. The van der Waals surface area contributed by atoms with Crippen LogP contribution in [-0.4, -0.2) is 29.3 Å². The van der Waals surface area contributed by atoms with Crippen LogP contribution >= 0.6 is 0 Å². The Morgan fingerprint density at radius 2 is 1.93 bits per heavy atom. The molecule has 2 bridgehead atoms. The SMILES string of the molecule is N[C@@H]1[C@@H]2CC[C@H]1CN(c1ccnnc1)C2. The molecule has 1 aliphatic heterocycles. The van der Waals surface area contributed by atoms with Crippen molar-refractivity contribution in [2.45, 2.75) is 18.9 Å². The van der Waals surface area contributed by atoms with Crippen LogP contribution in [0.25, 0.3) is 0 Å². The number of fused-ring (bicyclic) bond motifs is 2. The maximum atomic E-state index is 6.17. The fourth-order valence-electron chi connectivity index (χ4n) is 2.95. The maximum absolute atomic E-state index is 6.17. The van der Waals surface area contributed by atoms with Gasteiger partial charge in [-0.15, -0.1) is 0 Å². The van der Waals surface area contributed by atoms with Crippen molar-refractivity contribution in [3.05, 3.63) is 18.5 Å². The molecule has 2 heterocycles. The Bertz CT molecular complexity index is 326. The average molecular weight is 204 g/mol. The van der Waals surface area contributed by atoms with Gasteiger partial charge >= 0.3 is 0 Å². The van der Waals surface area contributed by atoms with Crippen LogP contribution in [0, 0.1) is 11.8 Å². The Balaban J connectivity index is 1.81. The first-order valence-corrected chi connectivity index (χ1v) is 5.62. The van der Waals surface area contributed by atoms with Crippen molar-refractivity contribution >= 4 is 5.69 Å². The zero-order valence-electron chi connectivity index (χ0n) is 8.71. The standard InChI is InChI=1S/C11H16N4/c12-11-8-1-2-9(11)7-15(6-8)10-3-4-13-14-5-10/h3-5,8-9,11H,1-2,6-7,12H2/t8-,9+,11-. The molecular formula is C11H16N4. The number of nitrogens with zero attached hydrogens (tertiary/aromatic N) is 3. The van der Waals surface area contributed by atoms with Crippen molar-refractivity contribution in [1.29, 1.82) is 0 Å². The third kappa shape index (κ3) is 1.49. The molecule has 4 nitrogen and oxygen atoms in total. The van der Waals surface area contributed by atoms with E-state index in [9.17, 15) is 0 Å². The molecule has 2 fully saturated rings. The lowest BCUT2D eigenvalue weighted by Crippen LogP contribution is -2.48. The van der Waals surface area contributed by atoms with Crippen LogP contribution in [0.15, 0.2) is 18.5 Å². The summed E-state index contributed by atoms with van der Waals surface area (Å²) in [7, 11) is 0. The van der Waals surface area contributed by atoms with E-state index in [1.54, 1.807) is 6.20 Å². The van der Waals surface area contributed by atoms with Crippen LogP contribution in [-0.2, 0) is 0 Å².